The summed E-state index contributed by atoms with van der Waals surface area (Å²) < 4.78 is 13.7. The molecular formula is C21H22FN. The summed E-state index contributed by atoms with van der Waals surface area (Å²) in [6.07, 6.45) is 3.98. The topological polar surface area (TPSA) is 12.9 Å². The maximum Gasteiger partial charge on any atom is 0.123 e. The van der Waals surface area contributed by atoms with Crippen molar-refractivity contribution >= 4 is 16.7 Å². The molecule has 0 unspecified atom stereocenters. The molecule has 0 spiro atoms. The van der Waals surface area contributed by atoms with Gasteiger partial charge < -0.3 is 0 Å². The van der Waals surface area contributed by atoms with Crippen LogP contribution in [0.5, 0.6) is 0 Å². The number of rotatable bonds is 4. The van der Waals surface area contributed by atoms with Crippen molar-refractivity contribution in [1.82, 2.24) is 4.98 Å². The van der Waals surface area contributed by atoms with Crippen LogP contribution in [0.1, 0.15) is 55.1 Å². The summed E-state index contributed by atoms with van der Waals surface area (Å²) in [5, 5.41) is 0. The molecule has 23 heavy (non-hydrogen) atoms. The minimum absolute atomic E-state index is 0.176. The van der Waals surface area contributed by atoms with Crippen molar-refractivity contribution in [2.45, 2.75) is 39.5 Å². The number of halogens is 1. The zero-order valence-corrected chi connectivity index (χ0v) is 13.8. The van der Waals surface area contributed by atoms with E-state index in [1.807, 2.05) is 25.1 Å². The Balaban J connectivity index is 2.10. The molecule has 0 radical (unpaired) electrons. The minimum Gasteiger partial charge on any atom is -0.248 e. The number of benzene rings is 1. The molecule has 0 N–H and O–H groups in total. The Kier molecular flexibility index (Phi) is 4.42. The maximum absolute atomic E-state index is 13.7. The SMILES string of the molecule is C=C(CC)c1cccc(C2=C(c3cc(F)ccc3C)CCC2)n1. The molecule has 0 saturated carbocycles. The predicted molar refractivity (Wildman–Crippen MR) is 95.4 cm³/mol. The van der Waals surface area contributed by atoms with Crippen molar-refractivity contribution in [2.75, 3.05) is 0 Å². The number of hydrogen-bond acceptors (Lipinski definition) is 1. The Morgan fingerprint density at radius 3 is 2.74 bits per heavy atom. The second-order valence-electron chi connectivity index (χ2n) is 6.14. The van der Waals surface area contributed by atoms with Gasteiger partial charge in [-0.25, -0.2) is 9.37 Å². The number of hydrogen-bond donors (Lipinski definition) is 0. The van der Waals surface area contributed by atoms with E-state index in [0.29, 0.717) is 0 Å². The van der Waals surface area contributed by atoms with Gasteiger partial charge in [-0.1, -0.05) is 25.6 Å². The lowest BCUT2D eigenvalue weighted by Gasteiger charge is -2.12. The fourth-order valence-electron chi connectivity index (χ4n) is 3.22. The van der Waals surface area contributed by atoms with Gasteiger partial charge in [0, 0.05) is 0 Å². The van der Waals surface area contributed by atoms with Crippen LogP contribution in [0.25, 0.3) is 16.7 Å². The van der Waals surface area contributed by atoms with E-state index in [9.17, 15) is 4.39 Å². The Labute approximate surface area is 137 Å². The first-order valence-electron chi connectivity index (χ1n) is 8.24. The van der Waals surface area contributed by atoms with Crippen molar-refractivity contribution in [2.24, 2.45) is 0 Å². The van der Waals surface area contributed by atoms with Crippen LogP contribution in [0.4, 0.5) is 4.39 Å². The summed E-state index contributed by atoms with van der Waals surface area (Å²) in [5.74, 6) is -0.176. The highest BCUT2D eigenvalue weighted by atomic mass is 19.1. The van der Waals surface area contributed by atoms with Crippen LogP contribution in [0.3, 0.4) is 0 Å². The van der Waals surface area contributed by atoms with Gasteiger partial charge in [0.05, 0.1) is 11.4 Å². The third-order valence-electron chi connectivity index (χ3n) is 4.59. The molecule has 3 rings (SSSR count). The first kappa shape index (κ1) is 15.7. The third kappa shape index (κ3) is 3.12. The van der Waals surface area contributed by atoms with Crippen molar-refractivity contribution in [3.05, 3.63) is 71.3 Å². The molecule has 1 aliphatic carbocycles. The van der Waals surface area contributed by atoms with Gasteiger partial charge in [-0.15, -0.1) is 0 Å². The van der Waals surface area contributed by atoms with E-state index < -0.39 is 0 Å². The highest BCUT2D eigenvalue weighted by Crippen LogP contribution is 2.40. The van der Waals surface area contributed by atoms with Crippen LogP contribution in [0, 0.1) is 12.7 Å². The van der Waals surface area contributed by atoms with Crippen LogP contribution >= 0.6 is 0 Å². The second-order valence-corrected chi connectivity index (χ2v) is 6.14. The first-order valence-corrected chi connectivity index (χ1v) is 8.24. The first-order chi connectivity index (χ1) is 11.1. The van der Waals surface area contributed by atoms with Gasteiger partial charge in [-0.2, -0.15) is 0 Å². The van der Waals surface area contributed by atoms with Gasteiger partial charge in [0.1, 0.15) is 5.82 Å². The second kappa shape index (κ2) is 6.49. The minimum atomic E-state index is -0.176. The summed E-state index contributed by atoms with van der Waals surface area (Å²) in [4.78, 5) is 4.80. The molecule has 0 saturated heterocycles. The highest BCUT2D eigenvalue weighted by Gasteiger charge is 2.20. The number of allylic oxidation sites excluding steroid dienone is 3. The van der Waals surface area contributed by atoms with Gasteiger partial charge in [0.2, 0.25) is 0 Å². The lowest BCUT2D eigenvalue weighted by Crippen LogP contribution is -1.96. The molecule has 0 aliphatic heterocycles. The fraction of sp³-hybridized carbons (Fsp3) is 0.286. The molecule has 1 aliphatic rings. The molecule has 118 valence electrons. The average molecular weight is 307 g/mol. The van der Waals surface area contributed by atoms with E-state index in [1.165, 1.54) is 17.2 Å². The lowest BCUT2D eigenvalue weighted by molar-refractivity contribution is 0.627. The van der Waals surface area contributed by atoms with Crippen LogP contribution in [-0.4, -0.2) is 4.98 Å². The third-order valence-corrected chi connectivity index (χ3v) is 4.59. The Hall–Kier alpha value is -2.22. The molecular weight excluding hydrogens is 285 g/mol. The molecule has 1 aromatic carbocycles. The van der Waals surface area contributed by atoms with E-state index >= 15 is 0 Å². The molecule has 2 heteroatoms. The quantitative estimate of drug-likeness (QED) is 0.670. The van der Waals surface area contributed by atoms with Gasteiger partial charge in [0.15, 0.2) is 0 Å². The molecule has 1 heterocycles. The molecule has 0 bridgehead atoms. The van der Waals surface area contributed by atoms with Crippen molar-refractivity contribution < 1.29 is 4.39 Å². The van der Waals surface area contributed by atoms with E-state index in [-0.39, 0.29) is 5.82 Å². The predicted octanol–water partition coefficient (Wildman–Crippen LogP) is 6.05. The zero-order chi connectivity index (χ0) is 16.4. The van der Waals surface area contributed by atoms with Crippen LogP contribution in [0.15, 0.2) is 43.0 Å². The van der Waals surface area contributed by atoms with E-state index in [2.05, 4.69) is 19.6 Å². The van der Waals surface area contributed by atoms with Crippen LogP contribution in [0.2, 0.25) is 0 Å². The number of aryl methyl sites for hydroxylation is 1. The highest BCUT2D eigenvalue weighted by molar-refractivity contribution is 5.92. The summed E-state index contributed by atoms with van der Waals surface area (Å²) in [5.41, 5.74) is 7.66. The number of pyridine rings is 1. The normalized spacial score (nSPS) is 14.4. The summed E-state index contributed by atoms with van der Waals surface area (Å²) in [6, 6.07) is 11.2. The standard InChI is InChI=1S/C21H22FN/c1-4-14(2)20-9-6-10-21(23-20)18-8-5-7-17(18)19-13-16(22)12-11-15(19)3/h6,9-13H,2,4-5,7-8H2,1,3H3. The van der Waals surface area contributed by atoms with E-state index in [0.717, 1.165) is 53.8 Å². The van der Waals surface area contributed by atoms with Crippen LogP contribution < -0.4 is 0 Å². The summed E-state index contributed by atoms with van der Waals surface area (Å²) >= 11 is 0. The molecule has 0 atom stereocenters. The van der Waals surface area contributed by atoms with Gasteiger partial charge in [0.25, 0.3) is 0 Å². The Morgan fingerprint density at radius 2 is 1.96 bits per heavy atom. The number of nitrogens with zero attached hydrogens (tertiary/aromatic N) is 1. The lowest BCUT2D eigenvalue weighted by atomic mass is 9.96. The van der Waals surface area contributed by atoms with Gasteiger partial charge >= 0.3 is 0 Å². The monoisotopic (exact) mass is 307 g/mol. The Bertz CT molecular complexity index is 786. The summed E-state index contributed by atoms with van der Waals surface area (Å²) in [6.45, 7) is 8.22. The zero-order valence-electron chi connectivity index (χ0n) is 13.8. The fourth-order valence-corrected chi connectivity index (χ4v) is 3.22. The van der Waals surface area contributed by atoms with Gasteiger partial charge in [-0.05, 0) is 84.7 Å². The Morgan fingerprint density at radius 1 is 1.17 bits per heavy atom. The molecule has 1 nitrogen and oxygen atoms in total. The van der Waals surface area contributed by atoms with Crippen molar-refractivity contribution in [1.29, 1.82) is 0 Å². The van der Waals surface area contributed by atoms with Crippen molar-refractivity contribution in [3.8, 4) is 0 Å². The molecule has 0 amide bonds. The molecule has 0 fully saturated rings. The maximum atomic E-state index is 13.7. The van der Waals surface area contributed by atoms with E-state index in [4.69, 9.17) is 4.98 Å². The molecule has 2 aromatic rings. The summed E-state index contributed by atoms with van der Waals surface area (Å²) in [7, 11) is 0. The smallest absolute Gasteiger partial charge is 0.123 e. The largest absolute Gasteiger partial charge is 0.248 e. The van der Waals surface area contributed by atoms with Gasteiger partial charge in [-0.3, -0.25) is 0 Å². The van der Waals surface area contributed by atoms with Crippen molar-refractivity contribution in [3.63, 3.8) is 0 Å². The molecule has 1 aromatic heterocycles. The number of aromatic nitrogens is 1. The average Bonchev–Trinajstić information content (AvgIpc) is 3.06. The van der Waals surface area contributed by atoms with Crippen LogP contribution in [-0.2, 0) is 0 Å². The van der Waals surface area contributed by atoms with E-state index in [1.54, 1.807) is 6.07 Å².